The van der Waals surface area contributed by atoms with Crippen molar-refractivity contribution in [2.75, 3.05) is 7.11 Å². The quantitative estimate of drug-likeness (QED) is 0.856. The summed E-state index contributed by atoms with van der Waals surface area (Å²) in [5.41, 5.74) is 3.22. The molecule has 0 heterocycles. The summed E-state index contributed by atoms with van der Waals surface area (Å²) < 4.78 is 5.07. The number of allylic oxidation sites excluding steroid dienone is 1. The average Bonchev–Trinajstić information content (AvgIpc) is 2.79. The highest BCUT2D eigenvalue weighted by Crippen LogP contribution is 2.36. The van der Waals surface area contributed by atoms with E-state index >= 15 is 0 Å². The molecule has 2 aromatic carbocycles. The van der Waals surface area contributed by atoms with Gasteiger partial charge in [-0.05, 0) is 29.3 Å². The SMILES string of the molecule is COc1cc(/C=C2/Cc3ccccc3C2=O)cc(Cl)c1O. The monoisotopic (exact) mass is 300 g/mol. The summed E-state index contributed by atoms with van der Waals surface area (Å²) in [4.78, 5) is 12.3. The van der Waals surface area contributed by atoms with Gasteiger partial charge in [0.2, 0.25) is 0 Å². The molecule has 1 aliphatic carbocycles. The Kier molecular flexibility index (Phi) is 3.43. The molecule has 1 aliphatic rings. The molecular weight excluding hydrogens is 288 g/mol. The van der Waals surface area contributed by atoms with Crippen LogP contribution in [0.2, 0.25) is 5.02 Å². The van der Waals surface area contributed by atoms with Crippen LogP contribution < -0.4 is 4.74 Å². The van der Waals surface area contributed by atoms with E-state index < -0.39 is 0 Å². The minimum atomic E-state index is -0.0950. The lowest BCUT2D eigenvalue weighted by atomic mass is 10.1. The van der Waals surface area contributed by atoms with Gasteiger partial charge in [-0.3, -0.25) is 4.79 Å². The molecule has 0 aromatic heterocycles. The van der Waals surface area contributed by atoms with E-state index in [1.165, 1.54) is 7.11 Å². The van der Waals surface area contributed by atoms with Crippen molar-refractivity contribution in [3.05, 3.63) is 63.7 Å². The molecule has 0 amide bonds. The zero-order valence-electron chi connectivity index (χ0n) is 11.4. The molecule has 106 valence electrons. The summed E-state index contributed by atoms with van der Waals surface area (Å²) in [6.45, 7) is 0. The number of benzene rings is 2. The molecule has 0 aliphatic heterocycles. The van der Waals surface area contributed by atoms with Crippen molar-refractivity contribution in [2.24, 2.45) is 0 Å². The van der Waals surface area contributed by atoms with Crippen LogP contribution in [0.4, 0.5) is 0 Å². The van der Waals surface area contributed by atoms with Gasteiger partial charge < -0.3 is 9.84 Å². The Hall–Kier alpha value is -2.26. The number of phenols is 1. The van der Waals surface area contributed by atoms with Gasteiger partial charge in [-0.1, -0.05) is 35.9 Å². The Balaban J connectivity index is 2.01. The molecule has 0 saturated carbocycles. The normalized spacial score (nSPS) is 15.3. The molecule has 0 radical (unpaired) electrons. The Bertz CT molecular complexity index is 763. The first-order valence-electron chi connectivity index (χ1n) is 6.50. The fourth-order valence-electron chi connectivity index (χ4n) is 2.50. The van der Waals surface area contributed by atoms with Crippen molar-refractivity contribution in [1.82, 2.24) is 0 Å². The number of fused-ring (bicyclic) bond motifs is 1. The van der Waals surface area contributed by atoms with Crippen molar-refractivity contribution >= 4 is 23.5 Å². The van der Waals surface area contributed by atoms with Crippen LogP contribution in [0.1, 0.15) is 21.5 Å². The minimum absolute atomic E-state index is 0.0359. The summed E-state index contributed by atoms with van der Waals surface area (Å²) in [5.74, 6) is 0.230. The van der Waals surface area contributed by atoms with Crippen LogP contribution in [0.5, 0.6) is 11.5 Å². The molecule has 4 heteroatoms. The zero-order valence-corrected chi connectivity index (χ0v) is 12.1. The average molecular weight is 301 g/mol. The highest BCUT2D eigenvalue weighted by Gasteiger charge is 2.24. The van der Waals surface area contributed by atoms with Gasteiger partial charge in [0.1, 0.15) is 0 Å². The second kappa shape index (κ2) is 5.26. The molecule has 21 heavy (non-hydrogen) atoms. The number of aromatic hydroxyl groups is 1. The zero-order chi connectivity index (χ0) is 15.0. The molecule has 1 N–H and O–H groups in total. The number of methoxy groups -OCH3 is 1. The molecule has 0 unspecified atom stereocenters. The van der Waals surface area contributed by atoms with E-state index in [1.54, 1.807) is 18.2 Å². The van der Waals surface area contributed by atoms with E-state index in [9.17, 15) is 9.90 Å². The number of hydrogen-bond donors (Lipinski definition) is 1. The number of Topliss-reactive ketones (excluding diaryl/α,β-unsaturated/α-hetero) is 1. The summed E-state index contributed by atoms with van der Waals surface area (Å²) in [6, 6.07) is 10.9. The van der Waals surface area contributed by atoms with Crippen LogP contribution in [-0.4, -0.2) is 18.0 Å². The van der Waals surface area contributed by atoms with Crippen molar-refractivity contribution in [3.8, 4) is 11.5 Å². The van der Waals surface area contributed by atoms with E-state index in [2.05, 4.69) is 0 Å². The van der Waals surface area contributed by atoms with Gasteiger partial charge in [-0.2, -0.15) is 0 Å². The first-order chi connectivity index (χ1) is 10.1. The van der Waals surface area contributed by atoms with E-state index in [4.69, 9.17) is 16.3 Å². The Morgan fingerprint density at radius 2 is 2.05 bits per heavy atom. The van der Waals surface area contributed by atoms with Gasteiger partial charge in [-0.15, -0.1) is 0 Å². The molecule has 2 aromatic rings. The van der Waals surface area contributed by atoms with Gasteiger partial charge in [0.15, 0.2) is 17.3 Å². The second-order valence-corrected chi connectivity index (χ2v) is 5.29. The fourth-order valence-corrected chi connectivity index (χ4v) is 2.72. The Morgan fingerprint density at radius 1 is 1.29 bits per heavy atom. The van der Waals surface area contributed by atoms with Crippen LogP contribution in [0.25, 0.3) is 6.08 Å². The van der Waals surface area contributed by atoms with Gasteiger partial charge >= 0.3 is 0 Å². The number of carbonyl (C=O) groups is 1. The standard InChI is InChI=1S/C17H13ClO3/c1-21-15-8-10(7-14(18)17(15)20)6-12-9-11-4-2-3-5-13(11)16(12)19/h2-8,20H,9H2,1H3/b12-6-. The van der Waals surface area contributed by atoms with Crippen LogP contribution in [0, 0.1) is 0 Å². The molecule has 3 nitrogen and oxygen atoms in total. The second-order valence-electron chi connectivity index (χ2n) is 4.89. The van der Waals surface area contributed by atoms with Crippen LogP contribution in [-0.2, 0) is 6.42 Å². The lowest BCUT2D eigenvalue weighted by Crippen LogP contribution is -1.95. The molecule has 0 atom stereocenters. The number of halogens is 1. The smallest absolute Gasteiger partial charge is 0.189 e. The van der Waals surface area contributed by atoms with Crippen molar-refractivity contribution in [1.29, 1.82) is 0 Å². The fraction of sp³-hybridized carbons (Fsp3) is 0.118. The summed E-state index contributed by atoms with van der Waals surface area (Å²) in [6.07, 6.45) is 2.39. The molecule has 0 bridgehead atoms. The summed E-state index contributed by atoms with van der Waals surface area (Å²) in [7, 11) is 1.46. The van der Waals surface area contributed by atoms with Crippen molar-refractivity contribution in [3.63, 3.8) is 0 Å². The lowest BCUT2D eigenvalue weighted by molar-refractivity contribution is 0.104. The number of rotatable bonds is 2. The topological polar surface area (TPSA) is 46.5 Å². The number of ether oxygens (including phenoxy) is 1. The van der Waals surface area contributed by atoms with E-state index in [0.29, 0.717) is 12.0 Å². The third-order valence-electron chi connectivity index (χ3n) is 3.55. The third-order valence-corrected chi connectivity index (χ3v) is 3.83. The maximum Gasteiger partial charge on any atom is 0.189 e. The number of phenolic OH excluding ortho intramolecular Hbond substituents is 1. The first kappa shape index (κ1) is 13.7. The highest BCUT2D eigenvalue weighted by molar-refractivity contribution is 6.32. The maximum atomic E-state index is 12.3. The minimum Gasteiger partial charge on any atom is -0.503 e. The predicted octanol–water partition coefficient (Wildman–Crippen LogP) is 3.88. The largest absolute Gasteiger partial charge is 0.503 e. The van der Waals surface area contributed by atoms with Gasteiger partial charge in [-0.25, -0.2) is 0 Å². The molecular formula is C17H13ClO3. The molecule has 0 saturated heterocycles. The van der Waals surface area contributed by atoms with E-state index in [0.717, 1.165) is 16.7 Å². The van der Waals surface area contributed by atoms with Gasteiger partial charge in [0.25, 0.3) is 0 Å². The van der Waals surface area contributed by atoms with Crippen LogP contribution in [0.15, 0.2) is 42.0 Å². The molecule has 3 rings (SSSR count). The van der Waals surface area contributed by atoms with E-state index in [1.807, 2.05) is 24.3 Å². The van der Waals surface area contributed by atoms with Crippen molar-refractivity contribution < 1.29 is 14.6 Å². The molecule has 0 fully saturated rings. The number of carbonyl (C=O) groups excluding carboxylic acids is 1. The first-order valence-corrected chi connectivity index (χ1v) is 6.87. The summed E-state index contributed by atoms with van der Waals surface area (Å²) in [5, 5.41) is 9.93. The van der Waals surface area contributed by atoms with Crippen LogP contribution >= 0.6 is 11.6 Å². The van der Waals surface area contributed by atoms with Crippen molar-refractivity contribution in [2.45, 2.75) is 6.42 Å². The van der Waals surface area contributed by atoms with E-state index in [-0.39, 0.29) is 22.3 Å². The predicted molar refractivity (Wildman–Crippen MR) is 82.1 cm³/mol. The maximum absolute atomic E-state index is 12.3. The van der Waals surface area contributed by atoms with Crippen LogP contribution in [0.3, 0.4) is 0 Å². The van der Waals surface area contributed by atoms with Gasteiger partial charge in [0.05, 0.1) is 12.1 Å². The molecule has 0 spiro atoms. The Morgan fingerprint density at radius 3 is 2.76 bits per heavy atom. The van der Waals surface area contributed by atoms with Gasteiger partial charge in [0, 0.05) is 17.6 Å². The highest BCUT2D eigenvalue weighted by atomic mass is 35.5. The number of ketones is 1. The lowest BCUT2D eigenvalue weighted by Gasteiger charge is -2.06. The Labute approximate surface area is 127 Å². The summed E-state index contributed by atoms with van der Waals surface area (Å²) >= 11 is 5.96. The third kappa shape index (κ3) is 2.41. The number of hydrogen-bond acceptors (Lipinski definition) is 3.